The van der Waals surface area contributed by atoms with Crippen LogP contribution in [0.5, 0.6) is 0 Å². The summed E-state index contributed by atoms with van der Waals surface area (Å²) in [5, 5.41) is 13.7. The summed E-state index contributed by atoms with van der Waals surface area (Å²) in [5.74, 6) is -0.133. The third kappa shape index (κ3) is 3.54. The highest BCUT2D eigenvalue weighted by Gasteiger charge is 2.20. The van der Waals surface area contributed by atoms with Gasteiger partial charge in [-0.15, -0.1) is 0 Å². The van der Waals surface area contributed by atoms with Crippen molar-refractivity contribution in [2.24, 2.45) is 4.99 Å². The Morgan fingerprint density at radius 3 is 2.96 bits per heavy atom. The van der Waals surface area contributed by atoms with Gasteiger partial charge >= 0.3 is 5.97 Å². The van der Waals surface area contributed by atoms with Crippen LogP contribution in [0.3, 0.4) is 0 Å². The lowest BCUT2D eigenvalue weighted by Gasteiger charge is -1.99. The number of esters is 1. The zero-order chi connectivity index (χ0) is 16.8. The molecule has 2 rings (SSSR count). The lowest BCUT2D eigenvalue weighted by atomic mass is 10.4. The van der Waals surface area contributed by atoms with E-state index in [1.807, 2.05) is 13.0 Å². The number of carbonyl (C=O) groups is 1. The summed E-state index contributed by atoms with van der Waals surface area (Å²) in [6, 6.07) is 2.01. The number of nitriles is 1. The van der Waals surface area contributed by atoms with Gasteiger partial charge in [-0.3, -0.25) is 0 Å². The summed E-state index contributed by atoms with van der Waals surface area (Å²) in [7, 11) is 0. The van der Waals surface area contributed by atoms with Gasteiger partial charge < -0.3 is 9.47 Å². The van der Waals surface area contributed by atoms with Crippen molar-refractivity contribution in [2.75, 3.05) is 13.2 Å². The van der Waals surface area contributed by atoms with Crippen LogP contribution in [0.2, 0.25) is 0 Å². The summed E-state index contributed by atoms with van der Waals surface area (Å²) in [5.41, 5.74) is 0.823. The van der Waals surface area contributed by atoms with E-state index in [4.69, 9.17) is 14.7 Å². The smallest absolute Gasteiger partial charge is 0.350 e. The molecule has 0 aliphatic rings. The van der Waals surface area contributed by atoms with Crippen molar-refractivity contribution in [3.63, 3.8) is 0 Å². The van der Waals surface area contributed by atoms with Crippen molar-refractivity contribution in [3.8, 4) is 11.2 Å². The van der Waals surface area contributed by atoms with Crippen molar-refractivity contribution in [3.05, 3.63) is 22.3 Å². The summed E-state index contributed by atoms with van der Waals surface area (Å²) in [4.78, 5) is 20.7. The first-order valence-electron chi connectivity index (χ1n) is 6.89. The lowest BCUT2D eigenvalue weighted by molar-refractivity contribution is 0.0531. The number of hydrogen-bond acceptors (Lipinski definition) is 8. The predicted molar refractivity (Wildman–Crippen MR) is 84.4 cm³/mol. The summed E-state index contributed by atoms with van der Waals surface area (Å²) >= 11 is 1.13. The average Bonchev–Trinajstić information content (AvgIpc) is 3.11. The highest BCUT2D eigenvalue weighted by atomic mass is 32.1. The molecule has 0 aliphatic carbocycles. The minimum atomic E-state index is -0.430. The quantitative estimate of drug-likeness (QED) is 0.457. The molecule has 0 saturated heterocycles. The Morgan fingerprint density at radius 2 is 2.30 bits per heavy atom. The fourth-order valence-corrected chi connectivity index (χ4v) is 2.63. The Balaban J connectivity index is 2.43. The van der Waals surface area contributed by atoms with E-state index in [0.717, 1.165) is 11.3 Å². The molecule has 0 saturated carbocycles. The monoisotopic (exact) mass is 333 g/mol. The molecule has 23 heavy (non-hydrogen) atoms. The first kappa shape index (κ1) is 16.6. The Bertz CT molecular complexity index is 772. The molecule has 0 radical (unpaired) electrons. The molecular formula is C14H15N5O3S. The number of ether oxygens (including phenoxy) is 2. The van der Waals surface area contributed by atoms with Crippen LogP contribution in [0.25, 0.3) is 5.13 Å². The van der Waals surface area contributed by atoms with E-state index in [0.29, 0.717) is 28.1 Å². The van der Waals surface area contributed by atoms with Crippen LogP contribution in [-0.2, 0) is 9.47 Å². The molecule has 0 amide bonds. The van der Waals surface area contributed by atoms with Crippen molar-refractivity contribution in [1.29, 1.82) is 5.26 Å². The Morgan fingerprint density at radius 1 is 1.52 bits per heavy atom. The van der Waals surface area contributed by atoms with Crippen molar-refractivity contribution < 1.29 is 14.3 Å². The number of hydrogen-bond donors (Lipinski definition) is 0. The maximum absolute atomic E-state index is 11.9. The molecule has 0 spiro atoms. The average molecular weight is 333 g/mol. The molecule has 0 aliphatic heterocycles. The standard InChI is InChI=1S/C14H15N5O3S/c1-4-21-8-16-12-10(6-15)7-17-19(12)14-18-9(3)11(23-14)13(20)22-5-2/h7-8H,4-5H2,1-3H3. The molecule has 120 valence electrons. The van der Waals surface area contributed by atoms with E-state index < -0.39 is 5.97 Å². The van der Waals surface area contributed by atoms with Crippen LogP contribution >= 0.6 is 11.3 Å². The predicted octanol–water partition coefficient (Wildman–Crippen LogP) is 2.38. The number of carbonyl (C=O) groups excluding carboxylic acids is 1. The molecular weight excluding hydrogens is 318 g/mol. The molecule has 9 heteroatoms. The number of aromatic nitrogens is 3. The van der Waals surface area contributed by atoms with Crippen LogP contribution in [-0.4, -0.2) is 40.3 Å². The van der Waals surface area contributed by atoms with Crippen molar-refractivity contribution >= 4 is 29.5 Å². The molecule has 8 nitrogen and oxygen atoms in total. The summed E-state index contributed by atoms with van der Waals surface area (Å²) in [6.45, 7) is 6.02. The molecule has 0 bridgehead atoms. The summed E-state index contributed by atoms with van der Waals surface area (Å²) in [6.07, 6.45) is 2.64. The van der Waals surface area contributed by atoms with Gasteiger partial charge in [0.15, 0.2) is 12.2 Å². The number of aliphatic imine (C=N–C) groups is 1. The zero-order valence-corrected chi connectivity index (χ0v) is 13.8. The first-order chi connectivity index (χ1) is 11.1. The van der Waals surface area contributed by atoms with Crippen LogP contribution < -0.4 is 0 Å². The van der Waals surface area contributed by atoms with Gasteiger partial charge in [0.1, 0.15) is 16.5 Å². The molecule has 0 fully saturated rings. The third-order valence-corrected chi connectivity index (χ3v) is 3.82. The van der Waals surface area contributed by atoms with Gasteiger partial charge in [0.05, 0.1) is 25.1 Å². The summed E-state index contributed by atoms with van der Waals surface area (Å²) < 4.78 is 11.5. The third-order valence-electron chi connectivity index (χ3n) is 2.71. The fraction of sp³-hybridized carbons (Fsp3) is 0.357. The molecule has 0 atom stereocenters. The molecule has 2 aromatic heterocycles. The van der Waals surface area contributed by atoms with Crippen LogP contribution in [0.1, 0.15) is 34.8 Å². The minimum Gasteiger partial charge on any atom is -0.483 e. The Kier molecular flexibility index (Phi) is 5.43. The minimum absolute atomic E-state index is 0.284. The van der Waals surface area contributed by atoms with Gasteiger partial charge in [-0.05, 0) is 20.8 Å². The highest BCUT2D eigenvalue weighted by Crippen LogP contribution is 2.27. The van der Waals surface area contributed by atoms with E-state index >= 15 is 0 Å². The molecule has 2 aromatic rings. The molecule has 0 N–H and O–H groups in total. The lowest BCUT2D eigenvalue weighted by Crippen LogP contribution is -2.03. The largest absolute Gasteiger partial charge is 0.483 e. The SMILES string of the molecule is CCOC=Nc1c(C#N)cnn1-c1nc(C)c(C(=O)OCC)s1. The Labute approximate surface area is 137 Å². The fourth-order valence-electron chi connectivity index (χ4n) is 1.71. The van der Waals surface area contributed by atoms with Crippen LogP contribution in [0, 0.1) is 18.3 Å². The van der Waals surface area contributed by atoms with Gasteiger partial charge in [-0.2, -0.15) is 20.0 Å². The second-order valence-corrected chi connectivity index (χ2v) is 5.20. The van der Waals surface area contributed by atoms with Gasteiger partial charge in [0.2, 0.25) is 5.13 Å². The van der Waals surface area contributed by atoms with E-state index in [1.54, 1.807) is 13.8 Å². The number of nitrogens with zero attached hydrogens (tertiary/aromatic N) is 5. The second-order valence-electron chi connectivity index (χ2n) is 4.23. The normalized spacial score (nSPS) is 10.7. The molecule has 2 heterocycles. The van der Waals surface area contributed by atoms with E-state index in [9.17, 15) is 4.79 Å². The van der Waals surface area contributed by atoms with Gasteiger partial charge in [0.25, 0.3) is 0 Å². The van der Waals surface area contributed by atoms with Gasteiger partial charge in [-0.1, -0.05) is 11.3 Å². The zero-order valence-electron chi connectivity index (χ0n) is 12.9. The van der Waals surface area contributed by atoms with Crippen molar-refractivity contribution in [2.45, 2.75) is 20.8 Å². The van der Waals surface area contributed by atoms with E-state index in [2.05, 4.69) is 15.1 Å². The first-order valence-corrected chi connectivity index (χ1v) is 7.71. The van der Waals surface area contributed by atoms with Gasteiger partial charge in [0, 0.05) is 0 Å². The maximum atomic E-state index is 11.9. The second kappa shape index (κ2) is 7.51. The van der Waals surface area contributed by atoms with Crippen LogP contribution in [0.15, 0.2) is 11.2 Å². The maximum Gasteiger partial charge on any atom is 0.350 e. The number of rotatable bonds is 6. The number of aryl methyl sites for hydroxylation is 1. The Hall–Kier alpha value is -2.73. The van der Waals surface area contributed by atoms with E-state index in [1.165, 1.54) is 17.3 Å². The molecule has 0 aromatic carbocycles. The van der Waals surface area contributed by atoms with E-state index in [-0.39, 0.29) is 12.2 Å². The van der Waals surface area contributed by atoms with Gasteiger partial charge in [-0.25, -0.2) is 9.78 Å². The van der Waals surface area contributed by atoms with Crippen molar-refractivity contribution in [1.82, 2.24) is 14.8 Å². The molecule has 0 unspecified atom stereocenters. The highest BCUT2D eigenvalue weighted by molar-refractivity contribution is 7.16. The topological polar surface area (TPSA) is 102 Å². The van der Waals surface area contributed by atoms with Crippen LogP contribution in [0.4, 0.5) is 5.82 Å². The number of thiazole rings is 1.